The van der Waals surface area contributed by atoms with Crippen LogP contribution in [-0.4, -0.2) is 43.8 Å². The number of anilines is 1. The highest BCUT2D eigenvalue weighted by molar-refractivity contribution is 9.10. The number of carbonyl (C=O) groups is 2. The quantitative estimate of drug-likeness (QED) is 0.165. The van der Waals surface area contributed by atoms with Gasteiger partial charge >= 0.3 is 0 Å². The molecule has 1 atom stereocenters. The van der Waals surface area contributed by atoms with Gasteiger partial charge in [-0.2, -0.15) is 0 Å². The standard InChI is InChI=1S/C36H37BrClN3O4S/c37-29-22-20-28(21-23-29)25-40(34(24-27-12-4-1-5-13-27)36(43)39-30-14-6-2-7-15-30)35(42)26-41(33-19-11-10-18-32(33)38)46(44,45)31-16-8-3-9-17-31/h1,3-5,8-13,16-23,30,34H,2,6-7,14-15,24-26H2,(H,39,43). The van der Waals surface area contributed by atoms with Gasteiger partial charge in [0.05, 0.1) is 15.6 Å². The van der Waals surface area contributed by atoms with E-state index < -0.39 is 28.5 Å². The molecule has 0 aliphatic heterocycles. The average Bonchev–Trinajstić information content (AvgIpc) is 3.07. The van der Waals surface area contributed by atoms with E-state index in [4.69, 9.17) is 11.6 Å². The second-order valence-electron chi connectivity index (χ2n) is 11.5. The minimum atomic E-state index is -4.22. The summed E-state index contributed by atoms with van der Waals surface area (Å²) in [4.78, 5) is 30.3. The number of hydrogen-bond acceptors (Lipinski definition) is 4. The molecule has 46 heavy (non-hydrogen) atoms. The molecule has 4 aromatic carbocycles. The Morgan fingerprint density at radius 2 is 1.41 bits per heavy atom. The zero-order valence-corrected chi connectivity index (χ0v) is 28.6. The lowest BCUT2D eigenvalue weighted by atomic mass is 9.94. The summed E-state index contributed by atoms with van der Waals surface area (Å²) >= 11 is 10.0. The lowest BCUT2D eigenvalue weighted by molar-refractivity contribution is -0.140. The van der Waals surface area contributed by atoms with Gasteiger partial charge in [0.25, 0.3) is 10.0 Å². The number of sulfonamides is 1. The molecule has 1 fully saturated rings. The fraction of sp³-hybridized carbons (Fsp3) is 0.278. The van der Waals surface area contributed by atoms with Gasteiger partial charge in [0.1, 0.15) is 12.6 Å². The van der Waals surface area contributed by atoms with Crippen molar-refractivity contribution in [3.05, 3.63) is 130 Å². The molecular formula is C36H37BrClN3O4S. The van der Waals surface area contributed by atoms with Gasteiger partial charge in [0.2, 0.25) is 11.8 Å². The Bertz CT molecular complexity index is 1720. The van der Waals surface area contributed by atoms with Gasteiger partial charge in [-0.25, -0.2) is 8.42 Å². The Hall–Kier alpha value is -3.66. The number of amides is 2. The van der Waals surface area contributed by atoms with Gasteiger partial charge in [-0.1, -0.05) is 120 Å². The zero-order valence-electron chi connectivity index (χ0n) is 25.4. The normalized spacial score (nSPS) is 14.3. The molecule has 1 aliphatic carbocycles. The molecule has 7 nitrogen and oxygen atoms in total. The summed E-state index contributed by atoms with van der Waals surface area (Å²) in [6.07, 6.45) is 5.26. The maximum atomic E-state index is 14.6. The van der Waals surface area contributed by atoms with Crippen LogP contribution < -0.4 is 9.62 Å². The molecule has 0 heterocycles. The zero-order chi connectivity index (χ0) is 32.5. The monoisotopic (exact) mass is 721 g/mol. The molecule has 0 saturated heterocycles. The van der Waals surface area contributed by atoms with Crippen LogP contribution in [0, 0.1) is 0 Å². The van der Waals surface area contributed by atoms with E-state index in [1.165, 1.54) is 17.0 Å². The molecule has 0 aromatic heterocycles. The Balaban J connectivity index is 1.56. The van der Waals surface area contributed by atoms with Crippen LogP contribution in [0.5, 0.6) is 0 Å². The number of para-hydroxylation sites is 1. The molecule has 1 saturated carbocycles. The van der Waals surface area contributed by atoms with E-state index in [1.807, 2.05) is 54.6 Å². The first-order chi connectivity index (χ1) is 22.2. The van der Waals surface area contributed by atoms with Gasteiger partial charge in [0.15, 0.2) is 0 Å². The third-order valence-corrected chi connectivity index (χ3v) is 10.8. The topological polar surface area (TPSA) is 86.8 Å². The molecule has 1 N–H and O–H groups in total. The predicted octanol–water partition coefficient (Wildman–Crippen LogP) is 7.39. The first kappa shape index (κ1) is 33.7. The summed E-state index contributed by atoms with van der Waals surface area (Å²) in [6.45, 7) is -0.455. The van der Waals surface area contributed by atoms with Crippen molar-refractivity contribution in [2.45, 2.75) is 62.0 Å². The van der Waals surface area contributed by atoms with E-state index in [1.54, 1.807) is 42.5 Å². The summed E-state index contributed by atoms with van der Waals surface area (Å²) in [5, 5.41) is 3.41. The minimum absolute atomic E-state index is 0.0260. The number of nitrogens with zero attached hydrogens (tertiary/aromatic N) is 2. The van der Waals surface area contributed by atoms with Gasteiger partial charge in [-0.3, -0.25) is 13.9 Å². The summed E-state index contributed by atoms with van der Waals surface area (Å²) < 4.78 is 30.1. The second-order valence-corrected chi connectivity index (χ2v) is 14.7. The fourth-order valence-electron chi connectivity index (χ4n) is 5.77. The van der Waals surface area contributed by atoms with Gasteiger partial charge < -0.3 is 10.2 Å². The van der Waals surface area contributed by atoms with Crippen molar-refractivity contribution in [2.24, 2.45) is 0 Å². The van der Waals surface area contributed by atoms with Gasteiger partial charge in [-0.15, -0.1) is 0 Å². The Morgan fingerprint density at radius 1 is 0.804 bits per heavy atom. The maximum absolute atomic E-state index is 14.6. The van der Waals surface area contributed by atoms with Crippen LogP contribution in [0.1, 0.15) is 43.2 Å². The number of rotatable bonds is 12. The maximum Gasteiger partial charge on any atom is 0.264 e. The van der Waals surface area contributed by atoms with E-state index in [-0.39, 0.29) is 40.5 Å². The van der Waals surface area contributed by atoms with Crippen molar-refractivity contribution in [3.63, 3.8) is 0 Å². The fourth-order valence-corrected chi connectivity index (χ4v) is 7.78. The van der Waals surface area contributed by atoms with Crippen LogP contribution in [0.15, 0.2) is 119 Å². The molecule has 0 spiro atoms. The smallest absolute Gasteiger partial charge is 0.264 e. The third kappa shape index (κ3) is 8.57. The molecule has 1 aliphatic rings. The highest BCUT2D eigenvalue weighted by Gasteiger charge is 2.36. The molecule has 240 valence electrons. The number of halogens is 2. The van der Waals surface area contributed by atoms with Crippen molar-refractivity contribution in [1.82, 2.24) is 10.2 Å². The number of hydrogen-bond donors (Lipinski definition) is 1. The first-order valence-electron chi connectivity index (χ1n) is 15.4. The van der Waals surface area contributed by atoms with Gasteiger partial charge in [0, 0.05) is 23.5 Å². The minimum Gasteiger partial charge on any atom is -0.352 e. The Morgan fingerprint density at radius 3 is 2.07 bits per heavy atom. The highest BCUT2D eigenvalue weighted by Crippen LogP contribution is 2.31. The van der Waals surface area contributed by atoms with Crippen LogP contribution in [0.3, 0.4) is 0 Å². The number of carbonyl (C=O) groups excluding carboxylic acids is 2. The van der Waals surface area contributed by atoms with Crippen LogP contribution >= 0.6 is 27.5 Å². The van der Waals surface area contributed by atoms with E-state index >= 15 is 0 Å². The predicted molar refractivity (Wildman–Crippen MR) is 186 cm³/mol. The summed E-state index contributed by atoms with van der Waals surface area (Å²) in [6, 6.07) is 30.7. The number of nitrogens with one attached hydrogen (secondary N) is 1. The molecule has 1 unspecified atom stereocenters. The van der Waals surface area contributed by atoms with Crippen molar-refractivity contribution < 1.29 is 18.0 Å². The van der Waals surface area contributed by atoms with Crippen molar-refractivity contribution in [3.8, 4) is 0 Å². The number of benzene rings is 4. The second kappa shape index (κ2) is 15.8. The SMILES string of the molecule is O=C(NC1CCCCC1)C(Cc1ccccc1)N(Cc1ccc(Br)cc1)C(=O)CN(c1ccccc1Cl)S(=O)(=O)c1ccccc1. The highest BCUT2D eigenvalue weighted by atomic mass is 79.9. The lowest BCUT2D eigenvalue weighted by Gasteiger charge is -2.35. The molecule has 2 amide bonds. The average molecular weight is 723 g/mol. The van der Waals surface area contributed by atoms with Gasteiger partial charge in [-0.05, 0) is 60.4 Å². The van der Waals surface area contributed by atoms with E-state index in [2.05, 4.69) is 21.2 Å². The Labute approximate surface area is 284 Å². The van der Waals surface area contributed by atoms with Crippen molar-refractivity contribution in [2.75, 3.05) is 10.8 Å². The van der Waals surface area contributed by atoms with Crippen molar-refractivity contribution >= 4 is 55.1 Å². The van der Waals surface area contributed by atoms with Crippen LogP contribution in [0.2, 0.25) is 5.02 Å². The van der Waals surface area contributed by atoms with Crippen LogP contribution in [-0.2, 0) is 32.6 Å². The molecule has 0 radical (unpaired) electrons. The molecule has 10 heteroatoms. The van der Waals surface area contributed by atoms with Crippen LogP contribution in [0.4, 0.5) is 5.69 Å². The third-order valence-electron chi connectivity index (χ3n) is 8.22. The molecular weight excluding hydrogens is 686 g/mol. The summed E-state index contributed by atoms with van der Waals surface area (Å²) in [5.74, 6) is -0.779. The largest absolute Gasteiger partial charge is 0.352 e. The molecule has 4 aromatic rings. The summed E-state index contributed by atoms with van der Waals surface area (Å²) in [5.41, 5.74) is 1.87. The van der Waals surface area contributed by atoms with E-state index in [9.17, 15) is 18.0 Å². The lowest BCUT2D eigenvalue weighted by Crippen LogP contribution is -2.55. The van der Waals surface area contributed by atoms with Crippen molar-refractivity contribution in [1.29, 1.82) is 0 Å². The Kier molecular flexibility index (Phi) is 11.5. The molecule has 5 rings (SSSR count). The molecule has 0 bridgehead atoms. The first-order valence-corrected chi connectivity index (χ1v) is 18.0. The van der Waals surface area contributed by atoms with Crippen LogP contribution in [0.25, 0.3) is 0 Å². The van der Waals surface area contributed by atoms with E-state index in [0.29, 0.717) is 0 Å². The van der Waals surface area contributed by atoms with E-state index in [0.717, 1.165) is 52.0 Å². The summed E-state index contributed by atoms with van der Waals surface area (Å²) in [7, 11) is -4.22.